The summed E-state index contributed by atoms with van der Waals surface area (Å²) in [5, 5.41) is 12.1. The number of hydrogen-bond acceptors (Lipinski definition) is 5. The van der Waals surface area contributed by atoms with Gasteiger partial charge >= 0.3 is 18.0 Å². The first-order valence-corrected chi connectivity index (χ1v) is 9.39. The molecule has 8 heteroatoms. The van der Waals surface area contributed by atoms with Crippen molar-refractivity contribution < 1.29 is 29.0 Å². The number of benzene rings is 2. The summed E-state index contributed by atoms with van der Waals surface area (Å²) in [6.45, 7) is -0.460. The van der Waals surface area contributed by atoms with Gasteiger partial charge in [-0.25, -0.2) is 4.79 Å². The lowest BCUT2D eigenvalue weighted by Gasteiger charge is -2.16. The summed E-state index contributed by atoms with van der Waals surface area (Å²) in [4.78, 5) is 34.6. The smallest absolute Gasteiger partial charge is 0.410 e. The van der Waals surface area contributed by atoms with Gasteiger partial charge in [0.1, 0.15) is 0 Å². The van der Waals surface area contributed by atoms with Gasteiger partial charge in [-0.3, -0.25) is 9.59 Å². The molecule has 0 bridgehead atoms. The Morgan fingerprint density at radius 1 is 1.00 bits per heavy atom. The Bertz CT molecular complexity index is 810. The molecular formula is C21H22ClNO6. The van der Waals surface area contributed by atoms with Crippen molar-refractivity contribution in [3.8, 4) is 0 Å². The van der Waals surface area contributed by atoms with E-state index in [9.17, 15) is 14.4 Å². The lowest BCUT2D eigenvalue weighted by molar-refractivity contribution is -0.151. The van der Waals surface area contributed by atoms with Crippen molar-refractivity contribution in [2.75, 3.05) is 13.3 Å². The third-order valence-corrected chi connectivity index (χ3v) is 4.38. The van der Waals surface area contributed by atoms with E-state index in [4.69, 9.17) is 26.2 Å². The highest BCUT2D eigenvalue weighted by atomic mass is 35.5. The molecule has 0 saturated carbocycles. The fourth-order valence-electron chi connectivity index (χ4n) is 2.62. The Morgan fingerprint density at radius 2 is 1.69 bits per heavy atom. The number of alkyl carbamates (subject to hydrolysis) is 1. The minimum atomic E-state index is -0.993. The molecule has 0 spiro atoms. The van der Waals surface area contributed by atoms with Crippen LogP contribution < -0.4 is 5.32 Å². The number of amides is 1. The lowest BCUT2D eigenvalue weighted by atomic mass is 9.96. The minimum Gasteiger partial charge on any atom is -0.481 e. The second-order valence-corrected chi connectivity index (χ2v) is 6.72. The fourth-order valence-corrected chi connectivity index (χ4v) is 2.75. The van der Waals surface area contributed by atoms with E-state index < -0.39 is 30.7 Å². The summed E-state index contributed by atoms with van der Waals surface area (Å²) >= 11 is 5.84. The van der Waals surface area contributed by atoms with Gasteiger partial charge in [-0.05, 0) is 29.7 Å². The summed E-state index contributed by atoms with van der Waals surface area (Å²) in [6, 6.07) is 16.2. The zero-order valence-electron chi connectivity index (χ0n) is 15.7. The molecule has 0 radical (unpaired) electrons. The van der Waals surface area contributed by atoms with Crippen LogP contribution in [0.4, 0.5) is 4.79 Å². The van der Waals surface area contributed by atoms with Crippen LogP contribution in [0.3, 0.4) is 0 Å². The molecule has 0 aliphatic carbocycles. The van der Waals surface area contributed by atoms with Crippen LogP contribution in [-0.4, -0.2) is 36.5 Å². The van der Waals surface area contributed by atoms with Crippen LogP contribution in [0.15, 0.2) is 54.6 Å². The van der Waals surface area contributed by atoms with Crippen molar-refractivity contribution in [3.05, 3.63) is 70.7 Å². The van der Waals surface area contributed by atoms with Crippen molar-refractivity contribution in [2.24, 2.45) is 0 Å². The molecule has 0 aromatic heterocycles. The number of aryl methyl sites for hydroxylation is 1. The van der Waals surface area contributed by atoms with Crippen molar-refractivity contribution in [3.63, 3.8) is 0 Å². The van der Waals surface area contributed by atoms with Gasteiger partial charge in [0.15, 0.2) is 0 Å². The highest BCUT2D eigenvalue weighted by Gasteiger charge is 2.17. The van der Waals surface area contributed by atoms with Gasteiger partial charge in [0.2, 0.25) is 6.79 Å². The topological polar surface area (TPSA) is 102 Å². The van der Waals surface area contributed by atoms with Gasteiger partial charge in [-0.15, -0.1) is 0 Å². The zero-order chi connectivity index (χ0) is 21.1. The number of carbonyl (C=O) groups is 3. The molecule has 1 atom stereocenters. The van der Waals surface area contributed by atoms with Crippen LogP contribution in [0.2, 0.25) is 5.02 Å². The van der Waals surface area contributed by atoms with Crippen LogP contribution in [0.25, 0.3) is 0 Å². The number of carbonyl (C=O) groups excluding carboxylic acids is 2. The van der Waals surface area contributed by atoms with E-state index >= 15 is 0 Å². The molecule has 2 aromatic carbocycles. The first-order valence-electron chi connectivity index (χ1n) is 9.01. The third-order valence-electron chi connectivity index (χ3n) is 4.13. The Hall–Kier alpha value is -3.06. The molecule has 154 valence electrons. The van der Waals surface area contributed by atoms with Gasteiger partial charge in [0, 0.05) is 23.9 Å². The van der Waals surface area contributed by atoms with Gasteiger partial charge in [-0.1, -0.05) is 54.1 Å². The first-order chi connectivity index (χ1) is 13.9. The Morgan fingerprint density at radius 3 is 2.34 bits per heavy atom. The summed E-state index contributed by atoms with van der Waals surface area (Å²) < 4.78 is 9.69. The molecule has 2 N–H and O–H groups in total. The average molecular weight is 420 g/mol. The number of esters is 1. The monoisotopic (exact) mass is 419 g/mol. The van der Waals surface area contributed by atoms with Crippen LogP contribution in [0.5, 0.6) is 0 Å². The summed E-state index contributed by atoms with van der Waals surface area (Å²) in [5.74, 6) is -1.93. The largest absolute Gasteiger partial charge is 0.481 e. The molecule has 0 heterocycles. The molecule has 0 fully saturated rings. The van der Waals surface area contributed by atoms with E-state index in [2.05, 4.69) is 5.32 Å². The van der Waals surface area contributed by atoms with Crippen molar-refractivity contribution in [1.82, 2.24) is 5.32 Å². The van der Waals surface area contributed by atoms with Crippen molar-refractivity contribution in [2.45, 2.75) is 25.2 Å². The quantitative estimate of drug-likeness (QED) is 0.449. The number of carboxylic acid groups (broad SMARTS) is 1. The molecule has 0 saturated heterocycles. The number of aliphatic carboxylic acids is 1. The van der Waals surface area contributed by atoms with E-state index in [1.807, 2.05) is 30.3 Å². The maximum Gasteiger partial charge on any atom is 0.410 e. The van der Waals surface area contributed by atoms with E-state index in [1.165, 1.54) is 0 Å². The number of halogens is 1. The van der Waals surface area contributed by atoms with Gasteiger partial charge in [-0.2, -0.15) is 0 Å². The average Bonchev–Trinajstić information content (AvgIpc) is 2.71. The molecule has 2 aromatic rings. The molecule has 0 aliphatic rings. The third kappa shape index (κ3) is 8.66. The Labute approximate surface area is 173 Å². The van der Waals surface area contributed by atoms with E-state index in [-0.39, 0.29) is 19.4 Å². The second kappa shape index (κ2) is 11.7. The zero-order valence-corrected chi connectivity index (χ0v) is 16.4. The molecule has 29 heavy (non-hydrogen) atoms. The molecular weight excluding hydrogens is 398 g/mol. The first kappa shape index (κ1) is 22.2. The van der Waals surface area contributed by atoms with E-state index in [0.29, 0.717) is 11.4 Å². The van der Waals surface area contributed by atoms with E-state index in [1.54, 1.807) is 24.3 Å². The van der Waals surface area contributed by atoms with Gasteiger partial charge < -0.3 is 19.9 Å². The number of nitrogens with one attached hydrogen (secondary N) is 1. The Balaban J connectivity index is 1.70. The molecule has 0 aliphatic heterocycles. The van der Waals surface area contributed by atoms with Crippen LogP contribution in [-0.2, 0) is 25.5 Å². The van der Waals surface area contributed by atoms with Crippen LogP contribution in [0, 0.1) is 0 Å². The second-order valence-electron chi connectivity index (χ2n) is 6.28. The summed E-state index contributed by atoms with van der Waals surface area (Å²) in [6.07, 6.45) is -0.267. The van der Waals surface area contributed by atoms with Gasteiger partial charge in [0.25, 0.3) is 0 Å². The molecule has 7 nitrogen and oxygen atoms in total. The summed E-state index contributed by atoms with van der Waals surface area (Å²) in [7, 11) is 0. The normalized spacial score (nSPS) is 11.3. The minimum absolute atomic E-state index is 0.0503. The SMILES string of the molecule is O=C(O)C[C@@H](CNC(=O)OCOC(=O)CCc1ccccc1)c1ccc(Cl)cc1. The highest BCUT2D eigenvalue weighted by Crippen LogP contribution is 2.21. The number of hydrogen-bond donors (Lipinski definition) is 2. The van der Waals surface area contributed by atoms with Crippen molar-refractivity contribution >= 4 is 29.6 Å². The number of carboxylic acids is 1. The Kier molecular flexibility index (Phi) is 8.98. The maximum absolute atomic E-state index is 11.8. The maximum atomic E-state index is 11.8. The van der Waals surface area contributed by atoms with E-state index in [0.717, 1.165) is 11.1 Å². The van der Waals surface area contributed by atoms with Crippen molar-refractivity contribution in [1.29, 1.82) is 0 Å². The molecule has 0 unspecified atom stereocenters. The van der Waals surface area contributed by atoms with Gasteiger partial charge in [0.05, 0.1) is 6.42 Å². The highest BCUT2D eigenvalue weighted by molar-refractivity contribution is 6.30. The number of rotatable bonds is 10. The molecule has 1 amide bonds. The van der Waals surface area contributed by atoms with Crippen LogP contribution >= 0.6 is 11.6 Å². The fraction of sp³-hybridized carbons (Fsp3) is 0.286. The standard InChI is InChI=1S/C21H22ClNO6/c22-18-9-7-16(8-10-18)17(12-19(24)25)13-23-21(27)29-14-28-20(26)11-6-15-4-2-1-3-5-15/h1-5,7-10,17H,6,11-14H2,(H,23,27)(H,24,25)/t17-/m0/s1. The summed E-state index contributed by atoms with van der Waals surface area (Å²) in [5.41, 5.74) is 1.74. The predicted octanol–water partition coefficient (Wildman–Crippen LogP) is 3.76. The van der Waals surface area contributed by atoms with Crippen LogP contribution in [0.1, 0.15) is 29.9 Å². The lowest BCUT2D eigenvalue weighted by Crippen LogP contribution is -2.30. The predicted molar refractivity (Wildman–Crippen MR) is 107 cm³/mol. The number of ether oxygens (including phenoxy) is 2. The molecule has 2 rings (SSSR count).